The summed E-state index contributed by atoms with van der Waals surface area (Å²) in [4.78, 5) is 39.6. The van der Waals surface area contributed by atoms with E-state index >= 15 is 4.39 Å². The zero-order valence-electron chi connectivity index (χ0n) is 33.0. The molecule has 2 N–H and O–H groups in total. The first-order valence-electron chi connectivity index (χ1n) is 18.9. The lowest BCUT2D eigenvalue weighted by molar-refractivity contribution is -0.0489. The molecule has 3 fully saturated rings. The van der Waals surface area contributed by atoms with Crippen LogP contribution in [0.1, 0.15) is 74.5 Å². The van der Waals surface area contributed by atoms with Crippen LogP contribution in [0.2, 0.25) is 22.2 Å². The van der Waals surface area contributed by atoms with Crippen molar-refractivity contribution in [2.75, 3.05) is 13.2 Å². The first-order chi connectivity index (χ1) is 26.7. The fourth-order valence-corrected chi connectivity index (χ4v) is 20.8. The summed E-state index contributed by atoms with van der Waals surface area (Å²) in [6, 6.07) is 1.60. The lowest BCUT2D eigenvalue weighted by Crippen LogP contribution is -2.62. The molecule has 6 rings (SSSR count). The Kier molecular flexibility index (Phi) is 13.8. The highest BCUT2D eigenvalue weighted by Crippen LogP contribution is 2.61. The Balaban J connectivity index is 1.43. The average molecular weight is 912 g/mol. The van der Waals surface area contributed by atoms with Gasteiger partial charge in [0.25, 0.3) is 5.56 Å². The molecule has 2 bridgehead atoms. The van der Waals surface area contributed by atoms with Gasteiger partial charge in [0.05, 0.1) is 25.6 Å². The Labute approximate surface area is 343 Å². The van der Waals surface area contributed by atoms with Crippen molar-refractivity contribution >= 4 is 66.2 Å². The predicted molar refractivity (Wildman–Crippen MR) is 218 cm³/mol. The molecular weight excluding hydrogens is 860 g/mol. The maximum Gasteiger partial charge on any atom is 0.386 e. The molecule has 3 aromatic rings. The molecule has 24 heteroatoms. The van der Waals surface area contributed by atoms with E-state index in [1.807, 2.05) is 55.4 Å². The van der Waals surface area contributed by atoms with Gasteiger partial charge < -0.3 is 36.9 Å². The second kappa shape index (κ2) is 17.5. The van der Waals surface area contributed by atoms with Crippen molar-refractivity contribution in [1.82, 2.24) is 24.5 Å². The van der Waals surface area contributed by atoms with Crippen molar-refractivity contribution in [3.05, 3.63) is 47.3 Å². The lowest BCUT2D eigenvalue weighted by atomic mass is 10.1. The normalized spacial score (nSPS) is 31.8. The monoisotopic (exact) mass is 911 g/mol. The summed E-state index contributed by atoms with van der Waals surface area (Å²) < 4.78 is 96.3. The molecule has 1 aliphatic carbocycles. The van der Waals surface area contributed by atoms with Crippen LogP contribution in [0.4, 0.5) is 4.39 Å². The molecule has 3 aromatic heterocycles. The summed E-state index contributed by atoms with van der Waals surface area (Å²) in [5, 5.41) is -0.350. The molecule has 0 amide bonds. The largest absolute Gasteiger partial charge is 0.474 e. The maximum absolute atomic E-state index is 15.5. The van der Waals surface area contributed by atoms with Crippen molar-refractivity contribution in [3.8, 4) is 5.88 Å². The zero-order valence-corrected chi connectivity index (χ0v) is 38.5. The summed E-state index contributed by atoms with van der Waals surface area (Å²) in [5.74, 6) is -1.12. The van der Waals surface area contributed by atoms with Crippen LogP contribution < -0.4 is 10.3 Å². The maximum atomic E-state index is 15.5. The van der Waals surface area contributed by atoms with Crippen LogP contribution in [0.15, 0.2) is 35.9 Å². The molecule has 9 atom stereocenters. The van der Waals surface area contributed by atoms with Crippen molar-refractivity contribution in [2.45, 2.75) is 127 Å². The average Bonchev–Trinajstić information content (AvgIpc) is 3.78. The molecular formula is C33H52FN5O12P2S2Si2. The smallest absolute Gasteiger partial charge is 0.386 e. The van der Waals surface area contributed by atoms with Gasteiger partial charge >= 0.3 is 30.7 Å². The highest BCUT2D eigenvalue weighted by molar-refractivity contribution is 8.44. The van der Waals surface area contributed by atoms with Crippen LogP contribution in [-0.2, 0) is 40.5 Å². The Morgan fingerprint density at radius 1 is 0.965 bits per heavy atom. The van der Waals surface area contributed by atoms with Crippen LogP contribution in [0.5, 0.6) is 5.88 Å². The van der Waals surface area contributed by atoms with Crippen LogP contribution in [0, 0.1) is 11.7 Å². The first-order valence-corrected chi connectivity index (χ1v) is 28.3. The summed E-state index contributed by atoms with van der Waals surface area (Å²) in [5.41, 5.74) is -1.86. The van der Waals surface area contributed by atoms with E-state index in [9.17, 15) is 18.7 Å². The molecule has 5 heterocycles. The van der Waals surface area contributed by atoms with Gasteiger partial charge in [-0.25, -0.2) is 28.5 Å². The Hall–Kier alpha value is -1.50. The van der Waals surface area contributed by atoms with E-state index in [0.717, 1.165) is 12.5 Å². The van der Waals surface area contributed by atoms with Gasteiger partial charge in [-0.15, -0.1) is 0 Å². The summed E-state index contributed by atoms with van der Waals surface area (Å²) in [7, 11) is -7.14. The van der Waals surface area contributed by atoms with E-state index in [0.29, 0.717) is 12.3 Å². The standard InChI is InChI=1S/C33H52FN5O12P2S2Si2/c1-18(2)56(43,19(3)4)51-57(20(5)6,21(7)8)50-29-26-15-45-52(41,54)48-25-12-23(46-27-9-10-35-16-36-27)11-22(25)14-44-53(42,55)49-30(29)33(47-26)39-13-24(34)28-31(39)37-17-38-32(28)40/h9-10,13,16-23,25-26,29-30,33,43H,11-12,14-15H2,1-8H3,(H,41,54)(H,42,55)(H,37,38,40)/t22-,23-,25+,26-,29-,30-,33-,52+,53+/m1/s1. The van der Waals surface area contributed by atoms with Gasteiger partial charge in [-0.05, 0) is 28.6 Å². The van der Waals surface area contributed by atoms with Gasteiger partial charge in [-0.1, -0.05) is 79.9 Å². The molecule has 57 heavy (non-hydrogen) atoms. The molecule has 2 aliphatic heterocycles. The highest BCUT2D eigenvalue weighted by atomic mass is 32.7. The van der Waals surface area contributed by atoms with Gasteiger partial charge in [0.2, 0.25) is 5.88 Å². The number of nitrogens with zero attached hydrogens (tertiary/aromatic N) is 4. The van der Waals surface area contributed by atoms with E-state index < -0.39 is 91.4 Å². The third-order valence-electron chi connectivity index (χ3n) is 10.8. The van der Waals surface area contributed by atoms with Gasteiger partial charge in [0, 0.05) is 30.8 Å². The van der Waals surface area contributed by atoms with Crippen molar-refractivity contribution < 1.29 is 54.4 Å². The zero-order chi connectivity index (χ0) is 41.7. The quantitative estimate of drug-likeness (QED) is 0.0852. The number of thiol groups is 2. The number of H-pyrrole nitrogens is 1. The molecule has 0 unspecified atom stereocenters. The Bertz CT molecular complexity index is 2020. The first kappa shape index (κ1) is 45.0. The minimum absolute atomic E-state index is 0.105. The second-order valence-corrected chi connectivity index (χ2v) is 30.3. The molecule has 17 nitrogen and oxygen atoms in total. The predicted octanol–water partition coefficient (Wildman–Crippen LogP) is 7.22. The summed E-state index contributed by atoms with van der Waals surface area (Å²) in [6.45, 7) is 6.09. The fourth-order valence-electron chi connectivity index (χ4n) is 7.83. The fraction of sp³-hybridized carbons (Fsp3) is 0.697. The van der Waals surface area contributed by atoms with Crippen molar-refractivity contribution in [2.24, 2.45) is 5.92 Å². The van der Waals surface area contributed by atoms with E-state index in [2.05, 4.69) is 44.4 Å². The SMILES string of the molecule is CC(C)[Si](O)(O[Si](O[C@H]1[C@H]2O[P@@](=O)(S)OC[C@H]3C[C@@H](Oc4ccncn4)C[C@@H]3O[P@@](=O)(S)OC[C@H]1O[C@H]2n1cc(F)c2c(=O)[nH]cnc21)(C(C)C)C(C)C)C(C)C. The lowest BCUT2D eigenvalue weighted by Gasteiger charge is -2.47. The van der Waals surface area contributed by atoms with E-state index in [1.54, 1.807) is 6.07 Å². The van der Waals surface area contributed by atoms with Gasteiger partial charge in [0.1, 0.15) is 36.1 Å². The number of hydrogen-bond donors (Lipinski definition) is 4. The third-order valence-corrected chi connectivity index (χ3v) is 23.9. The Morgan fingerprint density at radius 2 is 1.63 bits per heavy atom. The van der Waals surface area contributed by atoms with Crippen molar-refractivity contribution in [1.29, 1.82) is 0 Å². The van der Waals surface area contributed by atoms with Gasteiger partial charge in [-0.3, -0.25) is 18.4 Å². The van der Waals surface area contributed by atoms with Crippen LogP contribution >= 0.6 is 38.1 Å². The molecule has 0 spiro atoms. The van der Waals surface area contributed by atoms with Gasteiger partial charge in [-0.2, -0.15) is 0 Å². The number of aromatic amines is 1. The molecule has 318 valence electrons. The number of ether oxygens (including phenoxy) is 2. The molecule has 0 aromatic carbocycles. The summed E-state index contributed by atoms with van der Waals surface area (Å²) in [6.07, 6.45) is -0.938. The van der Waals surface area contributed by atoms with Crippen LogP contribution in [-0.4, -0.2) is 90.2 Å². The minimum Gasteiger partial charge on any atom is -0.474 e. The third kappa shape index (κ3) is 9.54. The topological polar surface area (TPSA) is 205 Å². The number of halogens is 1. The highest BCUT2D eigenvalue weighted by Gasteiger charge is 2.60. The number of aromatic nitrogens is 5. The molecule has 1 saturated carbocycles. The molecule has 2 saturated heterocycles. The number of rotatable bonds is 11. The number of nitrogens with one attached hydrogen (secondary N) is 1. The minimum atomic E-state index is -4.38. The second-order valence-electron chi connectivity index (χ2n) is 15.9. The van der Waals surface area contributed by atoms with Crippen molar-refractivity contribution in [3.63, 3.8) is 0 Å². The van der Waals surface area contributed by atoms with Crippen LogP contribution in [0.25, 0.3) is 11.0 Å². The van der Waals surface area contributed by atoms with E-state index in [-0.39, 0.29) is 46.2 Å². The number of fused-ring (bicyclic) bond motifs is 4. The number of hydrogen-bond acceptors (Lipinski definition) is 15. The van der Waals surface area contributed by atoms with Crippen LogP contribution in [0.3, 0.4) is 0 Å². The van der Waals surface area contributed by atoms with E-state index in [4.69, 9.17) is 36.1 Å². The Morgan fingerprint density at radius 3 is 2.26 bits per heavy atom. The summed E-state index contributed by atoms with van der Waals surface area (Å²) >= 11 is 8.76. The molecule has 0 radical (unpaired) electrons. The van der Waals surface area contributed by atoms with Gasteiger partial charge in [0.15, 0.2) is 17.7 Å². The molecule has 3 aliphatic rings. The van der Waals surface area contributed by atoms with E-state index in [1.165, 1.54) is 17.1 Å².